The van der Waals surface area contributed by atoms with E-state index in [-0.39, 0.29) is 18.2 Å². The number of amides is 2. The van der Waals surface area contributed by atoms with Gasteiger partial charge in [0.2, 0.25) is 11.8 Å². The monoisotopic (exact) mass is 310 g/mol. The maximum absolute atomic E-state index is 12.0. The number of aromatic nitrogens is 1. The summed E-state index contributed by atoms with van der Waals surface area (Å²) in [5.74, 6) is -0.334. The van der Waals surface area contributed by atoms with Gasteiger partial charge >= 0.3 is 0 Å². The third kappa shape index (κ3) is 3.85. The molecule has 1 aromatic carbocycles. The van der Waals surface area contributed by atoms with Crippen LogP contribution < -0.4 is 16.0 Å². The van der Waals surface area contributed by atoms with Gasteiger partial charge in [0, 0.05) is 18.9 Å². The van der Waals surface area contributed by atoms with E-state index in [4.69, 9.17) is 0 Å². The van der Waals surface area contributed by atoms with E-state index >= 15 is 0 Å². The maximum Gasteiger partial charge on any atom is 0.247 e. The average Bonchev–Trinajstić information content (AvgIpc) is 2.56. The number of hydrogen-bond donors (Lipinski definition) is 3. The molecule has 1 aromatic heterocycles. The summed E-state index contributed by atoms with van der Waals surface area (Å²) in [5.41, 5.74) is 2.69. The van der Waals surface area contributed by atoms with Crippen molar-refractivity contribution >= 4 is 23.2 Å². The predicted octanol–water partition coefficient (Wildman–Crippen LogP) is 1.56. The third-order valence-corrected chi connectivity index (χ3v) is 3.71. The van der Waals surface area contributed by atoms with Crippen LogP contribution in [-0.4, -0.2) is 29.4 Å². The molecule has 2 amide bonds. The van der Waals surface area contributed by atoms with Crippen LogP contribution in [-0.2, 0) is 16.0 Å². The van der Waals surface area contributed by atoms with Crippen molar-refractivity contribution in [2.24, 2.45) is 0 Å². The van der Waals surface area contributed by atoms with Crippen molar-refractivity contribution in [1.29, 1.82) is 0 Å². The van der Waals surface area contributed by atoms with Crippen LogP contribution in [0.4, 0.5) is 11.4 Å². The van der Waals surface area contributed by atoms with Crippen molar-refractivity contribution in [3.63, 3.8) is 0 Å². The van der Waals surface area contributed by atoms with Crippen LogP contribution in [0.2, 0.25) is 0 Å². The number of hydrogen-bond acceptors (Lipinski definition) is 4. The molecule has 6 nitrogen and oxygen atoms in total. The lowest BCUT2D eigenvalue weighted by molar-refractivity contribution is -0.124. The first-order valence-corrected chi connectivity index (χ1v) is 7.54. The smallest absolute Gasteiger partial charge is 0.247 e. The Bertz CT molecular complexity index is 703. The number of para-hydroxylation sites is 2. The second-order valence-corrected chi connectivity index (χ2v) is 5.39. The van der Waals surface area contributed by atoms with Crippen molar-refractivity contribution in [3.05, 3.63) is 54.4 Å². The first-order chi connectivity index (χ1) is 11.2. The van der Waals surface area contributed by atoms with E-state index in [1.54, 1.807) is 12.4 Å². The van der Waals surface area contributed by atoms with E-state index in [1.807, 2.05) is 36.4 Å². The maximum atomic E-state index is 12.0. The number of nitrogens with zero attached hydrogens (tertiary/aromatic N) is 1. The van der Waals surface area contributed by atoms with Crippen molar-refractivity contribution in [1.82, 2.24) is 10.3 Å². The molecule has 23 heavy (non-hydrogen) atoms. The fraction of sp³-hybridized carbons (Fsp3) is 0.235. The first-order valence-electron chi connectivity index (χ1n) is 7.54. The molecule has 2 heterocycles. The van der Waals surface area contributed by atoms with Crippen molar-refractivity contribution < 1.29 is 9.59 Å². The normalized spacial score (nSPS) is 16.0. The molecule has 0 fully saturated rings. The number of fused-ring (bicyclic) bond motifs is 1. The van der Waals surface area contributed by atoms with Gasteiger partial charge in [0.1, 0.15) is 6.04 Å². The Morgan fingerprint density at radius 2 is 1.87 bits per heavy atom. The lowest BCUT2D eigenvalue weighted by Gasteiger charge is -2.26. The highest BCUT2D eigenvalue weighted by Crippen LogP contribution is 2.26. The van der Waals surface area contributed by atoms with Gasteiger partial charge in [0.05, 0.1) is 17.8 Å². The number of benzene rings is 1. The molecule has 0 saturated heterocycles. The Balaban J connectivity index is 1.49. The van der Waals surface area contributed by atoms with Gasteiger partial charge in [-0.15, -0.1) is 0 Å². The first kappa shape index (κ1) is 15.0. The number of nitrogens with one attached hydrogen (secondary N) is 3. The summed E-state index contributed by atoms with van der Waals surface area (Å²) in [7, 11) is 0. The molecule has 6 heteroatoms. The zero-order valence-electron chi connectivity index (χ0n) is 12.6. The van der Waals surface area contributed by atoms with E-state index in [9.17, 15) is 9.59 Å². The SMILES string of the molecule is O=C(CC1Nc2ccccc2NC1=O)NCCc1ccncc1. The Hall–Kier alpha value is -2.89. The Morgan fingerprint density at radius 1 is 1.13 bits per heavy atom. The molecule has 1 aliphatic rings. The van der Waals surface area contributed by atoms with Gasteiger partial charge in [-0.2, -0.15) is 0 Å². The van der Waals surface area contributed by atoms with Crippen LogP contribution in [0, 0.1) is 0 Å². The van der Waals surface area contributed by atoms with Crippen molar-refractivity contribution in [2.75, 3.05) is 17.2 Å². The Labute approximate surface area is 134 Å². The quantitative estimate of drug-likeness (QED) is 0.783. The summed E-state index contributed by atoms with van der Waals surface area (Å²) in [6.07, 6.45) is 4.30. The number of carbonyl (C=O) groups excluding carboxylic acids is 2. The molecule has 0 aliphatic carbocycles. The molecule has 0 radical (unpaired) electrons. The van der Waals surface area contributed by atoms with Gasteiger partial charge < -0.3 is 16.0 Å². The van der Waals surface area contributed by atoms with E-state index in [2.05, 4.69) is 20.9 Å². The molecule has 1 aliphatic heterocycles. The van der Waals surface area contributed by atoms with Crippen molar-refractivity contribution in [2.45, 2.75) is 18.9 Å². The summed E-state index contributed by atoms with van der Waals surface area (Å²) in [5, 5.41) is 8.76. The van der Waals surface area contributed by atoms with Gasteiger partial charge in [0.25, 0.3) is 0 Å². The molecular weight excluding hydrogens is 292 g/mol. The van der Waals surface area contributed by atoms with E-state index in [0.29, 0.717) is 6.54 Å². The Morgan fingerprint density at radius 3 is 2.65 bits per heavy atom. The van der Waals surface area contributed by atoms with Crippen molar-refractivity contribution in [3.8, 4) is 0 Å². The van der Waals surface area contributed by atoms with E-state index in [0.717, 1.165) is 23.4 Å². The molecule has 3 rings (SSSR count). The zero-order chi connectivity index (χ0) is 16.1. The zero-order valence-corrected chi connectivity index (χ0v) is 12.6. The van der Waals surface area contributed by atoms with Gasteiger partial charge in [-0.25, -0.2) is 0 Å². The minimum Gasteiger partial charge on any atom is -0.372 e. The Kier molecular flexibility index (Phi) is 4.52. The number of pyridine rings is 1. The third-order valence-electron chi connectivity index (χ3n) is 3.71. The standard InChI is InChI=1S/C17H18N4O2/c22-16(19-10-7-12-5-8-18-9-6-12)11-15-17(23)21-14-4-2-1-3-13(14)20-15/h1-6,8-9,15,20H,7,10-11H2,(H,19,22)(H,21,23). The van der Waals surface area contributed by atoms with Crippen LogP contribution in [0.5, 0.6) is 0 Å². The van der Waals surface area contributed by atoms with Crippen LogP contribution in [0.15, 0.2) is 48.8 Å². The van der Waals surface area contributed by atoms with Crippen LogP contribution in [0.25, 0.3) is 0 Å². The van der Waals surface area contributed by atoms with Crippen LogP contribution in [0.3, 0.4) is 0 Å². The predicted molar refractivity (Wildman–Crippen MR) is 88.1 cm³/mol. The molecule has 118 valence electrons. The largest absolute Gasteiger partial charge is 0.372 e. The highest BCUT2D eigenvalue weighted by Gasteiger charge is 2.26. The molecule has 2 aromatic rings. The van der Waals surface area contributed by atoms with Gasteiger partial charge in [-0.3, -0.25) is 14.6 Å². The number of anilines is 2. The lowest BCUT2D eigenvalue weighted by Crippen LogP contribution is -2.42. The summed E-state index contributed by atoms with van der Waals surface area (Å²) in [4.78, 5) is 28.0. The van der Waals surface area contributed by atoms with Gasteiger partial charge in [0.15, 0.2) is 0 Å². The molecule has 3 N–H and O–H groups in total. The van der Waals surface area contributed by atoms with Gasteiger partial charge in [-0.05, 0) is 36.2 Å². The summed E-state index contributed by atoms with van der Waals surface area (Å²) < 4.78 is 0. The van der Waals surface area contributed by atoms with Crippen LogP contribution >= 0.6 is 0 Å². The van der Waals surface area contributed by atoms with Crippen LogP contribution in [0.1, 0.15) is 12.0 Å². The molecule has 0 bridgehead atoms. The minimum atomic E-state index is -0.550. The topological polar surface area (TPSA) is 83.1 Å². The van der Waals surface area contributed by atoms with E-state index in [1.165, 1.54) is 0 Å². The summed E-state index contributed by atoms with van der Waals surface area (Å²) in [6, 6.07) is 10.7. The van der Waals surface area contributed by atoms with Gasteiger partial charge in [-0.1, -0.05) is 12.1 Å². The fourth-order valence-corrected chi connectivity index (χ4v) is 2.49. The fourth-order valence-electron chi connectivity index (χ4n) is 2.49. The molecule has 0 saturated carbocycles. The number of carbonyl (C=O) groups is 2. The molecule has 1 atom stereocenters. The second kappa shape index (κ2) is 6.91. The molecular formula is C17H18N4O2. The summed E-state index contributed by atoms with van der Waals surface area (Å²) >= 11 is 0. The van der Waals surface area contributed by atoms with E-state index < -0.39 is 6.04 Å². The highest BCUT2D eigenvalue weighted by molar-refractivity contribution is 6.04. The molecule has 0 spiro atoms. The second-order valence-electron chi connectivity index (χ2n) is 5.39. The molecule has 1 unspecified atom stereocenters. The minimum absolute atomic E-state index is 0.108. The summed E-state index contributed by atoms with van der Waals surface area (Å²) in [6.45, 7) is 0.535. The highest BCUT2D eigenvalue weighted by atomic mass is 16.2. The lowest BCUT2D eigenvalue weighted by atomic mass is 10.1. The average molecular weight is 310 g/mol. The number of rotatable bonds is 5.